The lowest BCUT2D eigenvalue weighted by Crippen LogP contribution is -2.50. The number of aliphatic carboxylic acids is 1. The van der Waals surface area contributed by atoms with Crippen LogP contribution in [0.3, 0.4) is 0 Å². The van der Waals surface area contributed by atoms with Gasteiger partial charge in [-0.3, -0.25) is 4.79 Å². The van der Waals surface area contributed by atoms with Crippen molar-refractivity contribution in [2.75, 3.05) is 18.1 Å². The Morgan fingerprint density at radius 3 is 2.80 bits per heavy atom. The van der Waals surface area contributed by atoms with Gasteiger partial charge in [0, 0.05) is 12.4 Å². The second-order valence-corrected chi connectivity index (χ2v) is 8.29. The fourth-order valence-electron chi connectivity index (χ4n) is 4.69. The molecule has 0 radical (unpaired) electrons. The zero-order valence-corrected chi connectivity index (χ0v) is 13.2. The molecule has 0 amide bonds. The van der Waals surface area contributed by atoms with Gasteiger partial charge in [-0.05, 0) is 49.7 Å². The second-order valence-electron chi connectivity index (χ2n) is 7.19. The van der Waals surface area contributed by atoms with Gasteiger partial charge in [-0.2, -0.15) is 11.8 Å². The van der Waals surface area contributed by atoms with Gasteiger partial charge in [0.1, 0.15) is 0 Å². The number of thioether (sulfide) groups is 1. The highest BCUT2D eigenvalue weighted by atomic mass is 32.2. The minimum Gasteiger partial charge on any atom is -0.481 e. The first-order valence-electron chi connectivity index (χ1n) is 8.01. The third-order valence-electron chi connectivity index (χ3n) is 5.80. The molecule has 0 aromatic heterocycles. The first kappa shape index (κ1) is 14.7. The number of ether oxygens (including phenoxy) is 1. The maximum absolute atomic E-state index is 12.1. The Hall–Kier alpha value is -0.220. The molecule has 1 N–H and O–H groups in total. The minimum atomic E-state index is -0.545. The summed E-state index contributed by atoms with van der Waals surface area (Å²) < 4.78 is 6.09. The third-order valence-corrected chi connectivity index (χ3v) is 7.02. The lowest BCUT2D eigenvalue weighted by molar-refractivity contribution is -0.167. The van der Waals surface area contributed by atoms with Crippen molar-refractivity contribution in [3.63, 3.8) is 0 Å². The van der Waals surface area contributed by atoms with Gasteiger partial charge in [0.15, 0.2) is 0 Å². The lowest BCUT2D eigenvalue weighted by atomic mass is 9.59. The third kappa shape index (κ3) is 2.50. The van der Waals surface area contributed by atoms with Crippen LogP contribution in [0.4, 0.5) is 0 Å². The van der Waals surface area contributed by atoms with Gasteiger partial charge in [0.25, 0.3) is 0 Å². The number of carboxylic acid groups (broad SMARTS) is 1. The van der Waals surface area contributed by atoms with Crippen LogP contribution in [0.5, 0.6) is 0 Å². The van der Waals surface area contributed by atoms with Gasteiger partial charge in [-0.15, -0.1) is 0 Å². The lowest BCUT2D eigenvalue weighted by Gasteiger charge is -2.48. The fourth-order valence-corrected chi connectivity index (χ4v) is 6.07. The van der Waals surface area contributed by atoms with Crippen molar-refractivity contribution in [1.82, 2.24) is 0 Å². The fraction of sp³-hybridized carbons (Fsp3) is 0.938. The Labute approximate surface area is 125 Å². The van der Waals surface area contributed by atoms with Gasteiger partial charge in [0.05, 0.1) is 11.0 Å². The quantitative estimate of drug-likeness (QED) is 0.846. The molecule has 114 valence electrons. The normalized spacial score (nSPS) is 45.6. The average molecular weight is 298 g/mol. The van der Waals surface area contributed by atoms with Crippen LogP contribution in [-0.2, 0) is 9.53 Å². The Kier molecular flexibility index (Phi) is 4.06. The summed E-state index contributed by atoms with van der Waals surface area (Å²) in [5, 5.41) is 9.94. The van der Waals surface area contributed by atoms with E-state index in [-0.39, 0.29) is 5.60 Å². The van der Waals surface area contributed by atoms with E-state index >= 15 is 0 Å². The van der Waals surface area contributed by atoms with E-state index in [0.29, 0.717) is 11.8 Å². The van der Waals surface area contributed by atoms with Crippen molar-refractivity contribution in [2.45, 2.75) is 57.5 Å². The minimum absolute atomic E-state index is 0.00326. The van der Waals surface area contributed by atoms with Gasteiger partial charge in [-0.1, -0.05) is 19.8 Å². The van der Waals surface area contributed by atoms with Crippen LogP contribution in [0, 0.1) is 17.3 Å². The molecule has 4 heteroatoms. The van der Waals surface area contributed by atoms with Crippen LogP contribution in [0.25, 0.3) is 0 Å². The molecule has 1 saturated carbocycles. The molecule has 2 aliphatic heterocycles. The number of carbonyl (C=O) groups is 1. The predicted molar refractivity (Wildman–Crippen MR) is 81.0 cm³/mol. The molecular weight excluding hydrogens is 272 g/mol. The summed E-state index contributed by atoms with van der Waals surface area (Å²) in [6.45, 7) is 2.98. The molecule has 4 unspecified atom stereocenters. The van der Waals surface area contributed by atoms with Crippen molar-refractivity contribution in [2.24, 2.45) is 17.3 Å². The molecule has 4 atom stereocenters. The number of hydrogen-bond donors (Lipinski definition) is 1. The highest BCUT2D eigenvalue weighted by molar-refractivity contribution is 7.99. The molecule has 0 aromatic carbocycles. The molecule has 1 aliphatic carbocycles. The summed E-state index contributed by atoms with van der Waals surface area (Å²) in [6.07, 6.45) is 7.03. The van der Waals surface area contributed by atoms with Crippen molar-refractivity contribution >= 4 is 17.7 Å². The molecule has 3 fully saturated rings. The molecule has 3 nitrogen and oxygen atoms in total. The summed E-state index contributed by atoms with van der Waals surface area (Å²) in [6, 6.07) is 0. The Bertz CT molecular complexity index is 378. The van der Waals surface area contributed by atoms with Crippen LogP contribution >= 0.6 is 11.8 Å². The highest BCUT2D eigenvalue weighted by Gasteiger charge is 2.52. The molecule has 0 bridgehead atoms. The van der Waals surface area contributed by atoms with Crippen LogP contribution in [0.1, 0.15) is 51.9 Å². The van der Waals surface area contributed by atoms with Crippen LogP contribution < -0.4 is 0 Å². The van der Waals surface area contributed by atoms with Gasteiger partial charge in [0.2, 0.25) is 0 Å². The Morgan fingerprint density at radius 2 is 2.15 bits per heavy atom. The molecule has 1 spiro atoms. The van der Waals surface area contributed by atoms with Crippen molar-refractivity contribution in [3.8, 4) is 0 Å². The van der Waals surface area contributed by atoms with E-state index in [9.17, 15) is 9.90 Å². The SMILES string of the molecule is CC1CCCC(C(=O)O)(C2CCOC3(CCSC3)C2)C1. The van der Waals surface area contributed by atoms with E-state index in [0.717, 1.165) is 50.9 Å². The summed E-state index contributed by atoms with van der Waals surface area (Å²) in [5.41, 5.74) is -0.474. The van der Waals surface area contributed by atoms with Crippen molar-refractivity contribution in [3.05, 3.63) is 0 Å². The predicted octanol–water partition coefficient (Wildman–Crippen LogP) is 3.57. The molecule has 2 saturated heterocycles. The molecule has 20 heavy (non-hydrogen) atoms. The average Bonchev–Trinajstić information content (AvgIpc) is 2.86. The molecule has 3 aliphatic rings. The van der Waals surface area contributed by atoms with Crippen LogP contribution in [0.2, 0.25) is 0 Å². The monoisotopic (exact) mass is 298 g/mol. The van der Waals surface area contributed by atoms with Gasteiger partial charge >= 0.3 is 5.97 Å². The molecule has 2 heterocycles. The first-order valence-corrected chi connectivity index (χ1v) is 9.17. The number of hydrogen-bond acceptors (Lipinski definition) is 3. The van der Waals surface area contributed by atoms with Crippen LogP contribution in [0.15, 0.2) is 0 Å². The van der Waals surface area contributed by atoms with Crippen molar-refractivity contribution < 1.29 is 14.6 Å². The van der Waals surface area contributed by atoms with E-state index in [1.54, 1.807) is 0 Å². The molecule has 3 rings (SSSR count). The smallest absolute Gasteiger partial charge is 0.309 e. The second kappa shape index (κ2) is 5.53. The number of rotatable bonds is 2. The van der Waals surface area contributed by atoms with Gasteiger partial charge < -0.3 is 9.84 Å². The van der Waals surface area contributed by atoms with Gasteiger partial charge in [-0.25, -0.2) is 0 Å². The van der Waals surface area contributed by atoms with E-state index in [1.165, 1.54) is 12.2 Å². The standard InChI is InChI=1S/C16H26O3S/c1-12-3-2-5-16(9-12,14(17)18)13-4-7-19-15(10-13)6-8-20-11-15/h12-13H,2-11H2,1H3,(H,17,18). The highest BCUT2D eigenvalue weighted by Crippen LogP contribution is 2.52. The molecular formula is C16H26O3S. The van der Waals surface area contributed by atoms with Crippen LogP contribution in [-0.4, -0.2) is 34.8 Å². The Balaban J connectivity index is 1.82. The van der Waals surface area contributed by atoms with E-state index in [4.69, 9.17) is 4.74 Å². The summed E-state index contributed by atoms with van der Waals surface area (Å²) in [4.78, 5) is 12.1. The topological polar surface area (TPSA) is 46.5 Å². The summed E-state index contributed by atoms with van der Waals surface area (Å²) in [7, 11) is 0. The number of carboxylic acids is 1. The first-order chi connectivity index (χ1) is 9.56. The largest absolute Gasteiger partial charge is 0.481 e. The summed E-state index contributed by atoms with van der Waals surface area (Å²) >= 11 is 1.96. The zero-order chi connectivity index (χ0) is 14.2. The van der Waals surface area contributed by atoms with Crippen molar-refractivity contribution in [1.29, 1.82) is 0 Å². The molecule has 0 aromatic rings. The maximum atomic E-state index is 12.1. The van der Waals surface area contributed by atoms with E-state index in [2.05, 4.69) is 6.92 Å². The van der Waals surface area contributed by atoms with E-state index in [1.807, 2.05) is 11.8 Å². The summed E-state index contributed by atoms with van der Waals surface area (Å²) in [5.74, 6) is 2.56. The zero-order valence-electron chi connectivity index (χ0n) is 12.4. The Morgan fingerprint density at radius 1 is 1.30 bits per heavy atom. The maximum Gasteiger partial charge on any atom is 0.309 e. The van der Waals surface area contributed by atoms with E-state index < -0.39 is 11.4 Å².